The number of benzene rings is 1. The Morgan fingerprint density at radius 2 is 2.20 bits per heavy atom. The van der Waals surface area contributed by atoms with Crippen molar-refractivity contribution < 1.29 is 14.3 Å². The quantitative estimate of drug-likeness (QED) is 0.637. The summed E-state index contributed by atoms with van der Waals surface area (Å²) in [7, 11) is 1.29. The molecule has 0 aliphatic heterocycles. The van der Waals surface area contributed by atoms with Crippen molar-refractivity contribution in [2.45, 2.75) is 6.92 Å². The molecule has 1 aromatic rings. The van der Waals surface area contributed by atoms with Gasteiger partial charge in [-0.3, -0.25) is 0 Å². The van der Waals surface area contributed by atoms with Gasteiger partial charge in [0.05, 0.1) is 18.7 Å². The van der Waals surface area contributed by atoms with Crippen LogP contribution in [0.3, 0.4) is 0 Å². The molecule has 0 aliphatic carbocycles. The fourth-order valence-corrected chi connectivity index (χ4v) is 1.45. The first-order valence-corrected chi connectivity index (χ1v) is 4.78. The Hall–Kier alpha value is -1.42. The summed E-state index contributed by atoms with van der Waals surface area (Å²) in [5.41, 5.74) is 6.20. The Labute approximate surface area is 92.9 Å². The van der Waals surface area contributed by atoms with E-state index in [4.69, 9.17) is 22.1 Å². The summed E-state index contributed by atoms with van der Waals surface area (Å²) in [5.74, 6) is -0.215. The molecule has 1 aromatic carbocycles. The molecule has 0 spiro atoms. The van der Waals surface area contributed by atoms with Gasteiger partial charge in [-0.2, -0.15) is 0 Å². The first-order chi connectivity index (χ1) is 7.10. The van der Waals surface area contributed by atoms with Crippen molar-refractivity contribution in [3.05, 3.63) is 22.7 Å². The normalized spacial score (nSPS) is 9.80. The van der Waals surface area contributed by atoms with Crippen molar-refractivity contribution in [2.24, 2.45) is 0 Å². The van der Waals surface area contributed by atoms with Crippen molar-refractivity contribution >= 4 is 23.3 Å². The SMILES string of the molecule is CCOc1c(Cl)cc(N)cc1C(=O)OC. The van der Waals surface area contributed by atoms with E-state index in [-0.39, 0.29) is 5.56 Å². The molecular weight excluding hydrogens is 218 g/mol. The lowest BCUT2D eigenvalue weighted by atomic mass is 10.2. The standard InChI is InChI=1S/C10H12ClNO3/c1-3-15-9-7(10(13)14-2)4-6(12)5-8(9)11/h4-5H,3,12H2,1-2H3. The summed E-state index contributed by atoms with van der Waals surface area (Å²) in [6.07, 6.45) is 0. The number of hydrogen-bond acceptors (Lipinski definition) is 4. The second kappa shape index (κ2) is 4.89. The third kappa shape index (κ3) is 2.53. The number of anilines is 1. The molecule has 0 saturated carbocycles. The summed E-state index contributed by atoms with van der Waals surface area (Å²) in [6, 6.07) is 3.00. The van der Waals surface area contributed by atoms with Crippen LogP contribution >= 0.6 is 11.6 Å². The number of ether oxygens (including phenoxy) is 2. The van der Waals surface area contributed by atoms with Crippen molar-refractivity contribution in [1.82, 2.24) is 0 Å². The molecule has 2 N–H and O–H groups in total. The van der Waals surface area contributed by atoms with E-state index in [0.717, 1.165) is 0 Å². The zero-order chi connectivity index (χ0) is 11.4. The molecule has 0 fully saturated rings. The van der Waals surface area contributed by atoms with E-state index in [2.05, 4.69) is 4.74 Å². The second-order valence-corrected chi connectivity index (χ2v) is 3.21. The van der Waals surface area contributed by atoms with Crippen LogP contribution < -0.4 is 10.5 Å². The molecule has 1 rings (SSSR count). The number of nitrogen functional groups attached to an aromatic ring is 1. The lowest BCUT2D eigenvalue weighted by molar-refractivity contribution is 0.0596. The first kappa shape index (κ1) is 11.7. The number of esters is 1. The van der Waals surface area contributed by atoms with Gasteiger partial charge in [0.1, 0.15) is 5.56 Å². The smallest absolute Gasteiger partial charge is 0.341 e. The highest BCUT2D eigenvalue weighted by Crippen LogP contribution is 2.31. The summed E-state index contributed by atoms with van der Waals surface area (Å²) in [6.45, 7) is 2.21. The molecule has 0 aliphatic rings. The van der Waals surface area contributed by atoms with Gasteiger partial charge >= 0.3 is 5.97 Å². The fourth-order valence-electron chi connectivity index (χ4n) is 1.17. The average molecular weight is 230 g/mol. The summed E-state index contributed by atoms with van der Waals surface area (Å²) in [5, 5.41) is 0.303. The van der Waals surface area contributed by atoms with Gasteiger partial charge in [-0.15, -0.1) is 0 Å². The largest absolute Gasteiger partial charge is 0.491 e. The fraction of sp³-hybridized carbons (Fsp3) is 0.300. The van der Waals surface area contributed by atoms with E-state index in [1.54, 1.807) is 6.92 Å². The van der Waals surface area contributed by atoms with Crippen molar-refractivity contribution in [3.63, 3.8) is 0 Å². The van der Waals surface area contributed by atoms with Crippen molar-refractivity contribution in [3.8, 4) is 5.75 Å². The number of hydrogen-bond donors (Lipinski definition) is 1. The molecule has 4 nitrogen and oxygen atoms in total. The van der Waals surface area contributed by atoms with E-state index in [1.807, 2.05) is 0 Å². The van der Waals surface area contributed by atoms with Gasteiger partial charge in [-0.1, -0.05) is 11.6 Å². The maximum atomic E-state index is 11.4. The van der Waals surface area contributed by atoms with Crippen LogP contribution in [-0.4, -0.2) is 19.7 Å². The Bertz CT molecular complexity index is 379. The molecule has 0 atom stereocenters. The summed E-state index contributed by atoms with van der Waals surface area (Å²) in [4.78, 5) is 11.4. The molecule has 5 heteroatoms. The van der Waals surface area contributed by atoms with Gasteiger partial charge in [-0.05, 0) is 19.1 Å². The van der Waals surface area contributed by atoms with E-state index in [1.165, 1.54) is 19.2 Å². The van der Waals surface area contributed by atoms with E-state index in [0.29, 0.717) is 23.1 Å². The third-order valence-corrected chi connectivity index (χ3v) is 2.04. The minimum atomic E-state index is -0.521. The van der Waals surface area contributed by atoms with Gasteiger partial charge in [0.25, 0.3) is 0 Å². The van der Waals surface area contributed by atoms with Crippen LogP contribution in [0.1, 0.15) is 17.3 Å². The predicted molar refractivity (Wildman–Crippen MR) is 58.4 cm³/mol. The number of nitrogens with two attached hydrogens (primary N) is 1. The lowest BCUT2D eigenvalue weighted by Crippen LogP contribution is -2.07. The summed E-state index contributed by atoms with van der Waals surface area (Å²) < 4.78 is 9.86. The molecule has 0 aromatic heterocycles. The average Bonchev–Trinajstić information content (AvgIpc) is 2.20. The minimum absolute atomic E-state index is 0.240. The zero-order valence-electron chi connectivity index (χ0n) is 8.54. The Balaban J connectivity index is 3.26. The Morgan fingerprint density at radius 1 is 1.53 bits per heavy atom. The third-order valence-electron chi connectivity index (χ3n) is 1.76. The highest BCUT2D eigenvalue weighted by molar-refractivity contribution is 6.33. The molecule has 82 valence electrons. The monoisotopic (exact) mass is 229 g/mol. The van der Waals surface area contributed by atoms with Crippen LogP contribution in [0.2, 0.25) is 5.02 Å². The van der Waals surface area contributed by atoms with Crippen LogP contribution in [-0.2, 0) is 4.74 Å². The van der Waals surface area contributed by atoms with E-state index in [9.17, 15) is 4.79 Å². The maximum Gasteiger partial charge on any atom is 0.341 e. The first-order valence-electron chi connectivity index (χ1n) is 4.40. The van der Waals surface area contributed by atoms with E-state index < -0.39 is 5.97 Å². The molecular formula is C10H12ClNO3. The van der Waals surface area contributed by atoms with Gasteiger partial charge in [0.2, 0.25) is 0 Å². The van der Waals surface area contributed by atoms with Crippen molar-refractivity contribution in [1.29, 1.82) is 0 Å². The Kier molecular flexibility index (Phi) is 3.80. The molecule has 15 heavy (non-hydrogen) atoms. The minimum Gasteiger partial charge on any atom is -0.491 e. The van der Waals surface area contributed by atoms with Gasteiger partial charge in [-0.25, -0.2) is 4.79 Å². The van der Waals surface area contributed by atoms with Crippen LogP contribution in [0.25, 0.3) is 0 Å². The number of carbonyl (C=O) groups is 1. The summed E-state index contributed by atoms with van der Waals surface area (Å²) >= 11 is 5.90. The molecule has 0 bridgehead atoms. The molecule has 0 radical (unpaired) electrons. The Morgan fingerprint density at radius 3 is 2.73 bits per heavy atom. The van der Waals surface area contributed by atoms with Crippen LogP contribution in [0.15, 0.2) is 12.1 Å². The number of methoxy groups -OCH3 is 1. The lowest BCUT2D eigenvalue weighted by Gasteiger charge is -2.11. The molecule has 0 amide bonds. The number of halogens is 1. The van der Waals surface area contributed by atoms with Gasteiger partial charge in [0.15, 0.2) is 5.75 Å². The molecule has 0 heterocycles. The van der Waals surface area contributed by atoms with Gasteiger partial charge < -0.3 is 15.2 Å². The van der Waals surface area contributed by atoms with Crippen molar-refractivity contribution in [2.75, 3.05) is 19.5 Å². The van der Waals surface area contributed by atoms with Crippen LogP contribution in [0, 0.1) is 0 Å². The predicted octanol–water partition coefficient (Wildman–Crippen LogP) is 2.11. The van der Waals surface area contributed by atoms with Crippen LogP contribution in [0.5, 0.6) is 5.75 Å². The maximum absolute atomic E-state index is 11.4. The topological polar surface area (TPSA) is 61.5 Å². The number of carbonyl (C=O) groups excluding carboxylic acids is 1. The zero-order valence-corrected chi connectivity index (χ0v) is 9.30. The van der Waals surface area contributed by atoms with Crippen LogP contribution in [0.4, 0.5) is 5.69 Å². The highest BCUT2D eigenvalue weighted by Gasteiger charge is 2.17. The van der Waals surface area contributed by atoms with Gasteiger partial charge in [0, 0.05) is 5.69 Å². The molecule has 0 unspecified atom stereocenters. The highest BCUT2D eigenvalue weighted by atomic mass is 35.5. The second-order valence-electron chi connectivity index (χ2n) is 2.80. The molecule has 0 saturated heterocycles. The van der Waals surface area contributed by atoms with E-state index >= 15 is 0 Å². The number of rotatable bonds is 3.